The first-order valence-electron chi connectivity index (χ1n) is 25.9. The van der Waals surface area contributed by atoms with E-state index in [0.717, 1.165) is 80.1 Å². The van der Waals surface area contributed by atoms with Gasteiger partial charge in [0.25, 0.3) is 0 Å². The predicted molar refractivity (Wildman–Crippen MR) is 262 cm³/mol. The third-order valence-electron chi connectivity index (χ3n) is 13.1. The van der Waals surface area contributed by atoms with Gasteiger partial charge in [0.15, 0.2) is 0 Å². The molecule has 6 heteroatoms. The molecule has 59 heavy (non-hydrogen) atoms. The summed E-state index contributed by atoms with van der Waals surface area (Å²) in [6.07, 6.45) is 34.8. The van der Waals surface area contributed by atoms with Crippen LogP contribution in [0.5, 0.6) is 0 Å². The summed E-state index contributed by atoms with van der Waals surface area (Å²) >= 11 is 0. The Bertz CT molecular complexity index is 874. The molecule has 0 aromatic rings. The van der Waals surface area contributed by atoms with Crippen molar-refractivity contribution in [2.75, 3.05) is 45.3 Å². The van der Waals surface area contributed by atoms with Crippen molar-refractivity contribution < 1.29 is 19.1 Å². The lowest BCUT2D eigenvalue weighted by atomic mass is 9.91. The average molecular weight is 852 g/mol. The molecular formula is C53H106NO4P. The molecule has 0 bridgehead atoms. The highest BCUT2D eigenvalue weighted by molar-refractivity contribution is 7.57. The molecule has 0 radical (unpaired) electrons. The summed E-state index contributed by atoms with van der Waals surface area (Å²) in [5.74, 6) is 6.19. The number of hydrogen-bond acceptors (Lipinski definition) is 5. The summed E-state index contributed by atoms with van der Waals surface area (Å²) in [7, 11) is 1.84. The lowest BCUT2D eigenvalue weighted by molar-refractivity contribution is -0.144. The molecule has 0 aliphatic carbocycles. The van der Waals surface area contributed by atoms with Crippen LogP contribution in [0.2, 0.25) is 0 Å². The number of esters is 2. The minimum Gasteiger partial charge on any atom is -0.466 e. The normalized spacial score (nSPS) is 15.5. The average Bonchev–Trinajstić information content (AvgIpc) is 3.16. The third kappa shape index (κ3) is 41.1. The summed E-state index contributed by atoms with van der Waals surface area (Å²) in [6, 6.07) is 0. The fourth-order valence-electron chi connectivity index (χ4n) is 8.63. The van der Waals surface area contributed by atoms with E-state index in [1.807, 2.05) is 7.05 Å². The molecule has 0 aliphatic heterocycles. The molecule has 0 heterocycles. The zero-order valence-electron chi connectivity index (χ0n) is 41.8. The van der Waals surface area contributed by atoms with E-state index < -0.39 is 0 Å². The minimum atomic E-state index is -0.179. The molecule has 6 atom stereocenters. The number of ether oxygens (including phenoxy) is 2. The molecule has 0 amide bonds. The van der Waals surface area contributed by atoms with E-state index in [-0.39, 0.29) is 19.9 Å². The van der Waals surface area contributed by atoms with Crippen molar-refractivity contribution in [3.8, 4) is 0 Å². The van der Waals surface area contributed by atoms with Crippen LogP contribution < -0.4 is 5.32 Å². The minimum absolute atomic E-state index is 0.0328. The number of rotatable bonds is 43. The molecule has 0 aromatic heterocycles. The second-order valence-corrected chi connectivity index (χ2v) is 23.6. The van der Waals surface area contributed by atoms with Crippen molar-refractivity contribution in [1.82, 2.24) is 5.32 Å². The summed E-state index contributed by atoms with van der Waals surface area (Å²) in [5, 5.41) is 3.26. The maximum absolute atomic E-state index is 12.6. The first-order valence-corrected chi connectivity index (χ1v) is 27.8. The van der Waals surface area contributed by atoms with Gasteiger partial charge in [0, 0.05) is 12.8 Å². The molecular weight excluding hydrogens is 746 g/mol. The standard InChI is InChI=1S/C53H106NO4P/c1-44(2)22-14-24-46(5)26-16-28-48(7)30-18-32-50(9)36-39-57-52(55)34-20-42-59(41-13-12-38-54-11)43-21-35-53(56)58-40-37-51(10)33-19-31-49(8)29-17-27-47(6)25-15-23-45(3)4/h44-51,54H,12-43H2,1-11H3. The zero-order valence-corrected chi connectivity index (χ0v) is 42.7. The summed E-state index contributed by atoms with van der Waals surface area (Å²) in [5.41, 5.74) is 0. The first-order chi connectivity index (χ1) is 28.2. The molecule has 0 saturated carbocycles. The smallest absolute Gasteiger partial charge is 0.305 e. The van der Waals surface area contributed by atoms with Crippen LogP contribution in [-0.2, 0) is 19.1 Å². The molecule has 0 aliphatic rings. The van der Waals surface area contributed by atoms with E-state index in [0.29, 0.717) is 37.9 Å². The largest absolute Gasteiger partial charge is 0.466 e. The predicted octanol–water partition coefficient (Wildman–Crippen LogP) is 16.0. The maximum atomic E-state index is 12.6. The quantitative estimate of drug-likeness (QED) is 0.0376. The van der Waals surface area contributed by atoms with Crippen LogP contribution >= 0.6 is 7.92 Å². The molecule has 0 aromatic carbocycles. The molecule has 5 nitrogen and oxygen atoms in total. The van der Waals surface area contributed by atoms with Crippen molar-refractivity contribution in [3.05, 3.63) is 0 Å². The Kier molecular flexibility index (Phi) is 39.7. The Morgan fingerprint density at radius 3 is 0.983 bits per heavy atom. The van der Waals surface area contributed by atoms with Crippen molar-refractivity contribution in [1.29, 1.82) is 0 Å². The highest BCUT2D eigenvalue weighted by Crippen LogP contribution is 2.39. The summed E-state index contributed by atoms with van der Waals surface area (Å²) in [4.78, 5) is 25.2. The van der Waals surface area contributed by atoms with Gasteiger partial charge in [-0.25, -0.2) is 0 Å². The lowest BCUT2D eigenvalue weighted by Gasteiger charge is -2.18. The number of hydrogen-bond donors (Lipinski definition) is 1. The van der Waals surface area contributed by atoms with Crippen LogP contribution in [0.15, 0.2) is 0 Å². The topological polar surface area (TPSA) is 64.6 Å². The Hall–Kier alpha value is -0.670. The van der Waals surface area contributed by atoms with Gasteiger partial charge in [0.1, 0.15) is 0 Å². The second kappa shape index (κ2) is 40.1. The highest BCUT2D eigenvalue weighted by atomic mass is 31.1. The Morgan fingerprint density at radius 2 is 0.678 bits per heavy atom. The molecule has 0 rings (SSSR count). The highest BCUT2D eigenvalue weighted by Gasteiger charge is 2.14. The van der Waals surface area contributed by atoms with E-state index >= 15 is 0 Å². The second-order valence-electron chi connectivity index (χ2n) is 20.9. The maximum Gasteiger partial charge on any atom is 0.305 e. The van der Waals surface area contributed by atoms with Crippen molar-refractivity contribution in [2.45, 2.75) is 236 Å². The van der Waals surface area contributed by atoms with E-state index in [9.17, 15) is 9.59 Å². The molecule has 0 fully saturated rings. The van der Waals surface area contributed by atoms with Gasteiger partial charge >= 0.3 is 11.9 Å². The van der Waals surface area contributed by atoms with Gasteiger partial charge in [-0.15, -0.1) is 7.92 Å². The number of carbonyl (C=O) groups is 2. The van der Waals surface area contributed by atoms with Crippen molar-refractivity contribution in [2.24, 2.45) is 47.3 Å². The van der Waals surface area contributed by atoms with Gasteiger partial charge in [-0.3, -0.25) is 9.59 Å². The van der Waals surface area contributed by atoms with Crippen LogP contribution in [-0.4, -0.2) is 57.2 Å². The van der Waals surface area contributed by atoms with Crippen LogP contribution in [0.4, 0.5) is 0 Å². The van der Waals surface area contributed by atoms with Crippen LogP contribution in [0.25, 0.3) is 0 Å². The fourth-order valence-corrected chi connectivity index (χ4v) is 11.2. The molecule has 1 N–H and O–H groups in total. The van der Waals surface area contributed by atoms with Crippen LogP contribution in [0, 0.1) is 47.3 Å². The Balaban J connectivity index is 4.14. The van der Waals surface area contributed by atoms with Crippen molar-refractivity contribution >= 4 is 19.9 Å². The fraction of sp³-hybridized carbons (Fsp3) is 0.962. The van der Waals surface area contributed by atoms with Gasteiger partial charge in [-0.05, 0) is 118 Å². The van der Waals surface area contributed by atoms with E-state index in [2.05, 4.69) is 74.6 Å². The molecule has 0 saturated heterocycles. The van der Waals surface area contributed by atoms with Gasteiger partial charge in [0.05, 0.1) is 13.2 Å². The Labute approximate surface area is 371 Å². The Morgan fingerprint density at radius 1 is 0.390 bits per heavy atom. The van der Waals surface area contributed by atoms with E-state index in [1.54, 1.807) is 0 Å². The lowest BCUT2D eigenvalue weighted by Crippen LogP contribution is -2.11. The van der Waals surface area contributed by atoms with E-state index in [4.69, 9.17) is 9.47 Å². The number of unbranched alkanes of at least 4 members (excludes halogenated alkanes) is 1. The van der Waals surface area contributed by atoms with Gasteiger partial charge in [-0.2, -0.15) is 0 Å². The van der Waals surface area contributed by atoms with Crippen LogP contribution in [0.3, 0.4) is 0 Å². The van der Waals surface area contributed by atoms with Gasteiger partial charge in [0.2, 0.25) is 0 Å². The third-order valence-corrected chi connectivity index (χ3v) is 16.0. The van der Waals surface area contributed by atoms with Crippen LogP contribution in [0.1, 0.15) is 236 Å². The molecule has 6 unspecified atom stereocenters. The SMILES string of the molecule is CNCCCCP(CCCC(=O)OCCC(C)CCCC(C)CCCC(C)CCCC(C)C)CCCC(=O)OCCC(C)CCCC(C)CCCC(C)CCCC(C)C. The number of carbonyl (C=O) groups excluding carboxylic acids is 2. The summed E-state index contributed by atoms with van der Waals surface area (Å²) in [6.45, 7) is 25.9. The van der Waals surface area contributed by atoms with Gasteiger partial charge < -0.3 is 14.8 Å². The summed E-state index contributed by atoms with van der Waals surface area (Å²) < 4.78 is 11.4. The first kappa shape index (κ1) is 58.3. The van der Waals surface area contributed by atoms with E-state index in [1.165, 1.54) is 135 Å². The van der Waals surface area contributed by atoms with Gasteiger partial charge in [-0.1, -0.05) is 185 Å². The number of nitrogens with one attached hydrogen (secondary N) is 1. The monoisotopic (exact) mass is 852 g/mol. The molecule has 0 spiro atoms. The van der Waals surface area contributed by atoms with Crippen molar-refractivity contribution in [3.63, 3.8) is 0 Å². The zero-order chi connectivity index (χ0) is 44.1. The molecule has 352 valence electrons.